The maximum Gasteiger partial charge on any atom is 0.251 e. The van der Waals surface area contributed by atoms with Crippen LogP contribution in [0.1, 0.15) is 21.5 Å². The van der Waals surface area contributed by atoms with Crippen molar-refractivity contribution in [1.82, 2.24) is 10.3 Å². The average molecular weight is 276 g/mol. The van der Waals surface area contributed by atoms with Gasteiger partial charge in [-0.3, -0.25) is 9.78 Å². The number of carbonyl (C=O) groups is 1. The summed E-state index contributed by atoms with van der Waals surface area (Å²) in [6, 6.07) is 17.5. The summed E-state index contributed by atoms with van der Waals surface area (Å²) in [5.41, 5.74) is 3.72. The number of carbonyl (C=O) groups excluding carboxylic acids is 1. The molecule has 0 spiro atoms. The fourth-order valence-electron chi connectivity index (χ4n) is 2.37. The topological polar surface area (TPSA) is 42.0 Å². The van der Waals surface area contributed by atoms with Crippen LogP contribution >= 0.6 is 0 Å². The van der Waals surface area contributed by atoms with Crippen molar-refractivity contribution in [2.45, 2.75) is 13.5 Å². The normalized spacial score (nSPS) is 10.5. The summed E-state index contributed by atoms with van der Waals surface area (Å²) in [5, 5.41) is 4.04. The minimum Gasteiger partial charge on any atom is -0.348 e. The fourth-order valence-corrected chi connectivity index (χ4v) is 2.37. The van der Waals surface area contributed by atoms with Crippen LogP contribution in [0.4, 0.5) is 0 Å². The summed E-state index contributed by atoms with van der Waals surface area (Å²) < 4.78 is 0. The number of hydrogen-bond donors (Lipinski definition) is 1. The molecule has 2 aromatic carbocycles. The zero-order valence-electron chi connectivity index (χ0n) is 11.8. The van der Waals surface area contributed by atoms with Crippen LogP contribution in [0, 0.1) is 6.92 Å². The quantitative estimate of drug-likeness (QED) is 0.796. The van der Waals surface area contributed by atoms with E-state index in [0.29, 0.717) is 12.1 Å². The van der Waals surface area contributed by atoms with Crippen LogP contribution in [-0.4, -0.2) is 10.9 Å². The molecular formula is C18H16N2O. The average Bonchev–Trinajstić information content (AvgIpc) is 2.52. The molecule has 3 aromatic rings. The van der Waals surface area contributed by atoms with E-state index < -0.39 is 0 Å². The predicted octanol–water partition coefficient (Wildman–Crippen LogP) is 3.47. The Kier molecular flexibility index (Phi) is 3.65. The van der Waals surface area contributed by atoms with E-state index in [1.807, 2.05) is 61.5 Å². The van der Waals surface area contributed by atoms with E-state index in [0.717, 1.165) is 22.0 Å². The largest absolute Gasteiger partial charge is 0.348 e. The minimum absolute atomic E-state index is 0.0633. The lowest BCUT2D eigenvalue weighted by Gasteiger charge is -2.08. The van der Waals surface area contributed by atoms with Gasteiger partial charge < -0.3 is 5.32 Å². The van der Waals surface area contributed by atoms with Gasteiger partial charge in [0.1, 0.15) is 0 Å². The molecule has 0 unspecified atom stereocenters. The van der Waals surface area contributed by atoms with Gasteiger partial charge in [0.15, 0.2) is 0 Å². The van der Waals surface area contributed by atoms with E-state index >= 15 is 0 Å². The number of nitrogens with zero attached hydrogens (tertiary/aromatic N) is 1. The second kappa shape index (κ2) is 5.75. The molecule has 21 heavy (non-hydrogen) atoms. The van der Waals surface area contributed by atoms with Crippen LogP contribution in [-0.2, 0) is 6.54 Å². The van der Waals surface area contributed by atoms with Crippen LogP contribution in [0.25, 0.3) is 10.9 Å². The van der Waals surface area contributed by atoms with Gasteiger partial charge >= 0.3 is 0 Å². The lowest BCUT2D eigenvalue weighted by Crippen LogP contribution is -2.23. The lowest BCUT2D eigenvalue weighted by molar-refractivity contribution is 0.0951. The van der Waals surface area contributed by atoms with Crippen LogP contribution in [0.5, 0.6) is 0 Å². The number of amides is 1. The Bertz CT molecular complexity index is 791. The van der Waals surface area contributed by atoms with Gasteiger partial charge in [0.25, 0.3) is 5.91 Å². The number of rotatable bonds is 3. The van der Waals surface area contributed by atoms with Crippen molar-refractivity contribution in [1.29, 1.82) is 0 Å². The third-order valence-corrected chi connectivity index (χ3v) is 3.44. The highest BCUT2D eigenvalue weighted by Gasteiger charge is 2.07. The molecule has 0 saturated heterocycles. The highest BCUT2D eigenvalue weighted by molar-refractivity contribution is 5.94. The SMILES string of the molecule is Cc1cccc(C(=O)NCc2cccc3cccnc23)c1. The van der Waals surface area contributed by atoms with E-state index in [2.05, 4.69) is 10.3 Å². The summed E-state index contributed by atoms with van der Waals surface area (Å²) >= 11 is 0. The first-order chi connectivity index (χ1) is 10.2. The van der Waals surface area contributed by atoms with Crippen LogP contribution in [0.3, 0.4) is 0 Å². The third-order valence-electron chi connectivity index (χ3n) is 3.44. The molecule has 0 atom stereocenters. The van der Waals surface area contributed by atoms with E-state index in [1.54, 1.807) is 6.20 Å². The van der Waals surface area contributed by atoms with Gasteiger partial charge in [-0.05, 0) is 30.7 Å². The summed E-state index contributed by atoms with van der Waals surface area (Å²) in [5.74, 6) is -0.0633. The number of aryl methyl sites for hydroxylation is 1. The first-order valence-corrected chi connectivity index (χ1v) is 6.91. The van der Waals surface area contributed by atoms with Gasteiger partial charge in [0.05, 0.1) is 5.52 Å². The molecule has 1 amide bonds. The van der Waals surface area contributed by atoms with Gasteiger partial charge in [-0.15, -0.1) is 0 Å². The number of nitrogens with one attached hydrogen (secondary N) is 1. The van der Waals surface area contributed by atoms with Gasteiger partial charge in [-0.1, -0.05) is 42.0 Å². The Hall–Kier alpha value is -2.68. The second-order valence-corrected chi connectivity index (χ2v) is 5.04. The number of benzene rings is 2. The van der Waals surface area contributed by atoms with Crippen LogP contribution in [0.2, 0.25) is 0 Å². The summed E-state index contributed by atoms with van der Waals surface area (Å²) in [4.78, 5) is 16.6. The minimum atomic E-state index is -0.0633. The molecule has 0 radical (unpaired) electrons. The van der Waals surface area contributed by atoms with Crippen LogP contribution < -0.4 is 5.32 Å². The first-order valence-electron chi connectivity index (χ1n) is 6.91. The number of para-hydroxylation sites is 1. The maximum absolute atomic E-state index is 12.2. The molecule has 1 aromatic heterocycles. The third kappa shape index (κ3) is 2.92. The summed E-state index contributed by atoms with van der Waals surface area (Å²) in [7, 11) is 0. The van der Waals surface area contributed by atoms with Crippen LogP contribution in [0.15, 0.2) is 60.8 Å². The number of hydrogen-bond acceptors (Lipinski definition) is 2. The first kappa shape index (κ1) is 13.3. The molecule has 0 aliphatic carbocycles. The van der Waals surface area contributed by atoms with E-state index in [-0.39, 0.29) is 5.91 Å². The van der Waals surface area contributed by atoms with Crippen molar-refractivity contribution in [2.75, 3.05) is 0 Å². The van der Waals surface area contributed by atoms with E-state index in [1.165, 1.54) is 0 Å². The van der Waals surface area contributed by atoms with Gasteiger partial charge in [0, 0.05) is 23.7 Å². The summed E-state index contributed by atoms with van der Waals surface area (Å²) in [6.07, 6.45) is 1.77. The zero-order chi connectivity index (χ0) is 14.7. The highest BCUT2D eigenvalue weighted by Crippen LogP contribution is 2.15. The standard InChI is InChI=1S/C18H16N2O/c1-13-5-2-7-15(11-13)18(21)20-12-16-8-3-6-14-9-4-10-19-17(14)16/h2-11H,12H2,1H3,(H,20,21). The van der Waals surface area contributed by atoms with Gasteiger partial charge in [-0.2, -0.15) is 0 Å². The van der Waals surface area contributed by atoms with Gasteiger partial charge in [-0.25, -0.2) is 0 Å². The second-order valence-electron chi connectivity index (χ2n) is 5.04. The van der Waals surface area contributed by atoms with Crippen molar-refractivity contribution in [2.24, 2.45) is 0 Å². The van der Waals surface area contributed by atoms with E-state index in [4.69, 9.17) is 0 Å². The molecule has 3 rings (SSSR count). The Balaban J connectivity index is 1.79. The zero-order valence-corrected chi connectivity index (χ0v) is 11.8. The Morgan fingerprint density at radius 1 is 1.10 bits per heavy atom. The maximum atomic E-state index is 12.2. The molecular weight excluding hydrogens is 260 g/mol. The molecule has 1 N–H and O–H groups in total. The molecule has 1 heterocycles. The Morgan fingerprint density at radius 2 is 1.90 bits per heavy atom. The molecule has 0 aliphatic rings. The molecule has 104 valence electrons. The monoisotopic (exact) mass is 276 g/mol. The fraction of sp³-hybridized carbons (Fsp3) is 0.111. The molecule has 0 saturated carbocycles. The van der Waals surface area contributed by atoms with Crippen molar-refractivity contribution >= 4 is 16.8 Å². The van der Waals surface area contributed by atoms with Crippen molar-refractivity contribution in [3.63, 3.8) is 0 Å². The lowest BCUT2D eigenvalue weighted by atomic mass is 10.1. The van der Waals surface area contributed by atoms with Crippen molar-refractivity contribution < 1.29 is 4.79 Å². The Morgan fingerprint density at radius 3 is 2.76 bits per heavy atom. The molecule has 0 fully saturated rings. The van der Waals surface area contributed by atoms with Crippen molar-refractivity contribution in [3.05, 3.63) is 77.5 Å². The van der Waals surface area contributed by atoms with Gasteiger partial charge in [0.2, 0.25) is 0 Å². The predicted molar refractivity (Wildman–Crippen MR) is 84.1 cm³/mol. The summed E-state index contributed by atoms with van der Waals surface area (Å²) in [6.45, 7) is 2.45. The highest BCUT2D eigenvalue weighted by atomic mass is 16.1. The number of pyridine rings is 1. The molecule has 0 bridgehead atoms. The number of fused-ring (bicyclic) bond motifs is 1. The molecule has 0 aliphatic heterocycles. The number of aromatic nitrogens is 1. The van der Waals surface area contributed by atoms with E-state index in [9.17, 15) is 4.79 Å². The molecule has 3 nitrogen and oxygen atoms in total. The molecule has 3 heteroatoms. The smallest absolute Gasteiger partial charge is 0.251 e. The Labute approximate surface area is 123 Å². The van der Waals surface area contributed by atoms with Crippen molar-refractivity contribution in [3.8, 4) is 0 Å².